The van der Waals surface area contributed by atoms with Gasteiger partial charge in [-0.3, -0.25) is 0 Å². The topological polar surface area (TPSA) is 0 Å². The van der Waals surface area contributed by atoms with Crippen LogP contribution in [0.2, 0.25) is 0 Å². The van der Waals surface area contributed by atoms with E-state index in [1.807, 2.05) is 11.8 Å². The van der Waals surface area contributed by atoms with Gasteiger partial charge in [-0.1, -0.05) is 36.8 Å². The third kappa shape index (κ3) is 3.93. The third-order valence-electron chi connectivity index (χ3n) is 2.77. The van der Waals surface area contributed by atoms with Crippen LogP contribution in [0.3, 0.4) is 0 Å². The standard InChI is InChI=1S/C15H17ClS/c16-10-4-1-5-11-17-15-9-8-13-6-2-3-7-14(13)12-15/h2-3,6-9,12H,1,4-5,10-11H2. The number of benzene rings is 2. The minimum Gasteiger partial charge on any atom is -0.127 e. The summed E-state index contributed by atoms with van der Waals surface area (Å²) < 4.78 is 0. The molecule has 0 bridgehead atoms. The molecule has 0 saturated heterocycles. The van der Waals surface area contributed by atoms with Gasteiger partial charge in [0.15, 0.2) is 0 Å². The van der Waals surface area contributed by atoms with E-state index in [1.54, 1.807) is 0 Å². The monoisotopic (exact) mass is 264 g/mol. The predicted molar refractivity (Wildman–Crippen MR) is 79.2 cm³/mol. The molecule has 2 heteroatoms. The van der Waals surface area contributed by atoms with Crippen LogP contribution in [0.25, 0.3) is 10.8 Å². The zero-order chi connectivity index (χ0) is 11.9. The van der Waals surface area contributed by atoms with E-state index in [0.717, 1.165) is 12.3 Å². The van der Waals surface area contributed by atoms with Crippen molar-refractivity contribution in [3.05, 3.63) is 42.5 Å². The maximum Gasteiger partial charge on any atom is 0.0223 e. The summed E-state index contributed by atoms with van der Waals surface area (Å²) in [6, 6.07) is 15.2. The van der Waals surface area contributed by atoms with Gasteiger partial charge in [-0.2, -0.15) is 0 Å². The van der Waals surface area contributed by atoms with E-state index in [1.165, 1.54) is 34.3 Å². The highest BCUT2D eigenvalue weighted by atomic mass is 35.5. The molecule has 90 valence electrons. The molecule has 0 nitrogen and oxygen atoms in total. The summed E-state index contributed by atoms with van der Waals surface area (Å²) in [5.74, 6) is 1.98. The Morgan fingerprint density at radius 1 is 0.882 bits per heavy atom. The maximum atomic E-state index is 5.66. The first-order valence-electron chi connectivity index (χ1n) is 6.08. The number of hydrogen-bond donors (Lipinski definition) is 0. The quantitative estimate of drug-likeness (QED) is 0.385. The lowest BCUT2D eigenvalue weighted by atomic mass is 10.1. The molecule has 0 N–H and O–H groups in total. The average molecular weight is 265 g/mol. The van der Waals surface area contributed by atoms with Crippen molar-refractivity contribution in [2.24, 2.45) is 0 Å². The second-order valence-electron chi connectivity index (χ2n) is 4.11. The maximum absolute atomic E-state index is 5.66. The molecule has 0 aromatic heterocycles. The number of rotatable bonds is 6. The number of unbranched alkanes of at least 4 members (excludes halogenated alkanes) is 2. The van der Waals surface area contributed by atoms with E-state index in [-0.39, 0.29) is 0 Å². The van der Waals surface area contributed by atoms with Gasteiger partial charge >= 0.3 is 0 Å². The normalized spacial score (nSPS) is 10.9. The van der Waals surface area contributed by atoms with Crippen LogP contribution in [0, 0.1) is 0 Å². The summed E-state index contributed by atoms with van der Waals surface area (Å²) >= 11 is 7.60. The summed E-state index contributed by atoms with van der Waals surface area (Å²) in [4.78, 5) is 1.37. The van der Waals surface area contributed by atoms with Crippen molar-refractivity contribution in [1.82, 2.24) is 0 Å². The van der Waals surface area contributed by atoms with Crippen LogP contribution in [0.4, 0.5) is 0 Å². The largest absolute Gasteiger partial charge is 0.127 e. The molecule has 17 heavy (non-hydrogen) atoms. The second-order valence-corrected chi connectivity index (χ2v) is 5.65. The van der Waals surface area contributed by atoms with Crippen LogP contribution in [0.15, 0.2) is 47.4 Å². The Labute approximate surface area is 112 Å². The van der Waals surface area contributed by atoms with Crippen molar-refractivity contribution in [1.29, 1.82) is 0 Å². The van der Waals surface area contributed by atoms with Crippen molar-refractivity contribution in [3.63, 3.8) is 0 Å². The summed E-state index contributed by atoms with van der Waals surface area (Å²) in [5, 5.41) is 2.65. The highest BCUT2D eigenvalue weighted by Gasteiger charge is 1.97. The van der Waals surface area contributed by atoms with E-state index >= 15 is 0 Å². The first-order valence-corrected chi connectivity index (χ1v) is 7.60. The van der Waals surface area contributed by atoms with Gasteiger partial charge < -0.3 is 0 Å². The number of fused-ring (bicyclic) bond motifs is 1. The van der Waals surface area contributed by atoms with Gasteiger partial charge in [0.05, 0.1) is 0 Å². The molecule has 0 amide bonds. The molecule has 0 aliphatic carbocycles. The molecule has 0 heterocycles. The van der Waals surface area contributed by atoms with Crippen LogP contribution < -0.4 is 0 Å². The molecular formula is C15H17ClS. The number of alkyl halides is 1. The van der Waals surface area contributed by atoms with Crippen LogP contribution in [-0.4, -0.2) is 11.6 Å². The summed E-state index contributed by atoms with van der Waals surface area (Å²) in [5.41, 5.74) is 0. The first kappa shape index (κ1) is 12.8. The molecule has 2 aromatic rings. The zero-order valence-corrected chi connectivity index (χ0v) is 11.4. The van der Waals surface area contributed by atoms with Crippen LogP contribution in [-0.2, 0) is 0 Å². The average Bonchev–Trinajstić information content (AvgIpc) is 2.38. The van der Waals surface area contributed by atoms with Crippen LogP contribution in [0.1, 0.15) is 19.3 Å². The van der Waals surface area contributed by atoms with Gasteiger partial charge in [0.1, 0.15) is 0 Å². The van der Waals surface area contributed by atoms with Gasteiger partial charge in [0.25, 0.3) is 0 Å². The van der Waals surface area contributed by atoms with E-state index in [2.05, 4.69) is 42.5 Å². The Morgan fingerprint density at radius 2 is 1.71 bits per heavy atom. The molecule has 2 rings (SSSR count). The van der Waals surface area contributed by atoms with Crippen molar-refractivity contribution in [3.8, 4) is 0 Å². The molecule has 0 saturated carbocycles. The molecular weight excluding hydrogens is 248 g/mol. The van der Waals surface area contributed by atoms with Gasteiger partial charge in [0.2, 0.25) is 0 Å². The minimum absolute atomic E-state index is 0.792. The first-order chi connectivity index (χ1) is 8.40. The van der Waals surface area contributed by atoms with Gasteiger partial charge in [-0.05, 0) is 41.5 Å². The Kier molecular flexibility index (Phi) is 5.21. The van der Waals surface area contributed by atoms with Crippen LogP contribution >= 0.6 is 23.4 Å². The number of hydrogen-bond acceptors (Lipinski definition) is 1. The molecule has 0 radical (unpaired) electrons. The Morgan fingerprint density at radius 3 is 2.53 bits per heavy atom. The molecule has 0 aliphatic rings. The van der Waals surface area contributed by atoms with Crippen molar-refractivity contribution in [2.45, 2.75) is 24.2 Å². The molecule has 2 aromatic carbocycles. The smallest absolute Gasteiger partial charge is 0.0223 e. The fraction of sp³-hybridized carbons (Fsp3) is 0.333. The summed E-state index contributed by atoms with van der Waals surface area (Å²) in [7, 11) is 0. The van der Waals surface area contributed by atoms with Gasteiger partial charge in [-0.25, -0.2) is 0 Å². The minimum atomic E-state index is 0.792. The zero-order valence-electron chi connectivity index (χ0n) is 9.86. The van der Waals surface area contributed by atoms with Gasteiger partial charge in [-0.15, -0.1) is 23.4 Å². The molecule has 0 atom stereocenters. The fourth-order valence-corrected chi connectivity index (χ4v) is 2.97. The molecule has 0 aliphatic heterocycles. The molecule has 0 unspecified atom stereocenters. The Bertz CT molecular complexity index is 467. The summed E-state index contributed by atoms with van der Waals surface area (Å²) in [6.07, 6.45) is 3.63. The lowest BCUT2D eigenvalue weighted by molar-refractivity contribution is 0.783. The number of halogens is 1. The van der Waals surface area contributed by atoms with E-state index in [9.17, 15) is 0 Å². The van der Waals surface area contributed by atoms with Crippen molar-refractivity contribution < 1.29 is 0 Å². The SMILES string of the molecule is ClCCCCCSc1ccc2ccccc2c1. The second kappa shape index (κ2) is 6.93. The number of thioether (sulfide) groups is 1. The summed E-state index contributed by atoms with van der Waals surface area (Å²) in [6.45, 7) is 0. The van der Waals surface area contributed by atoms with E-state index < -0.39 is 0 Å². The van der Waals surface area contributed by atoms with Crippen LogP contribution in [0.5, 0.6) is 0 Å². The lowest BCUT2D eigenvalue weighted by Gasteiger charge is -2.03. The molecule has 0 fully saturated rings. The third-order valence-corrected chi connectivity index (χ3v) is 4.11. The van der Waals surface area contributed by atoms with E-state index in [4.69, 9.17) is 11.6 Å². The fourth-order valence-electron chi connectivity index (χ4n) is 1.82. The Hall–Kier alpha value is -0.660. The molecule has 0 spiro atoms. The van der Waals surface area contributed by atoms with E-state index in [0.29, 0.717) is 0 Å². The lowest BCUT2D eigenvalue weighted by Crippen LogP contribution is -1.82. The van der Waals surface area contributed by atoms with Crippen molar-refractivity contribution in [2.75, 3.05) is 11.6 Å². The Balaban J connectivity index is 1.90. The van der Waals surface area contributed by atoms with Crippen molar-refractivity contribution >= 4 is 34.1 Å². The van der Waals surface area contributed by atoms with Gasteiger partial charge in [0, 0.05) is 10.8 Å². The highest BCUT2D eigenvalue weighted by Crippen LogP contribution is 2.24. The highest BCUT2D eigenvalue weighted by molar-refractivity contribution is 7.99. The predicted octanol–water partition coefficient (Wildman–Crippen LogP) is 5.34.